The molecule has 0 radical (unpaired) electrons. The topological polar surface area (TPSA) is 141 Å². The fraction of sp³-hybridized carbons (Fsp3) is 0.409. The Morgan fingerprint density at radius 1 is 1.18 bits per heavy atom. The van der Waals surface area contributed by atoms with Gasteiger partial charge in [0, 0.05) is 24.6 Å². The average molecular weight is 537 g/mol. The van der Waals surface area contributed by atoms with Crippen molar-refractivity contribution in [3.63, 3.8) is 0 Å². The number of carbonyl (C=O) groups is 1. The second kappa shape index (κ2) is 12.4. The summed E-state index contributed by atoms with van der Waals surface area (Å²) in [4.78, 5) is 19.6. The molecule has 9 nitrogen and oxygen atoms in total. The van der Waals surface area contributed by atoms with Crippen LogP contribution in [0, 0.1) is 5.82 Å². The summed E-state index contributed by atoms with van der Waals surface area (Å²) in [6.07, 6.45) is 0.860. The van der Waals surface area contributed by atoms with Crippen LogP contribution < -0.4 is 4.31 Å². The number of hydrogen-bond donors (Lipinski definition) is 3. The zero-order valence-corrected chi connectivity index (χ0v) is 21.1. The van der Waals surface area contributed by atoms with Crippen LogP contribution in [0.2, 0.25) is 0 Å². The third-order valence-corrected chi connectivity index (χ3v) is 5.97. The minimum Gasteiger partial charge on any atom is -0.481 e. The number of anilines is 1. The fourth-order valence-electron chi connectivity index (χ4n) is 3.05. The summed E-state index contributed by atoms with van der Waals surface area (Å²) >= 11 is 0. The summed E-state index contributed by atoms with van der Waals surface area (Å²) < 4.78 is 38.6. The van der Waals surface area contributed by atoms with Gasteiger partial charge in [-0.05, 0) is 30.2 Å². The van der Waals surface area contributed by atoms with Gasteiger partial charge in [0.1, 0.15) is 5.82 Å². The Labute approximate surface area is 208 Å². The quantitative estimate of drug-likeness (QED) is 0.393. The van der Waals surface area contributed by atoms with Crippen molar-refractivity contribution < 1.29 is 50.0 Å². The van der Waals surface area contributed by atoms with Gasteiger partial charge in [0.25, 0.3) is 0 Å². The second-order valence-corrected chi connectivity index (χ2v) is 9.99. The molecule has 1 aromatic heterocycles. The molecule has 0 saturated heterocycles. The van der Waals surface area contributed by atoms with Gasteiger partial charge in [0.15, 0.2) is 0 Å². The molecule has 0 bridgehead atoms. The molecule has 0 amide bonds. The summed E-state index contributed by atoms with van der Waals surface area (Å²) in [5.74, 6) is -1.87. The Bertz CT molecular complexity index is 1130. The van der Waals surface area contributed by atoms with Crippen LogP contribution in [0.15, 0.2) is 30.3 Å². The summed E-state index contributed by atoms with van der Waals surface area (Å²) in [6.45, 7) is 3.71. The van der Waals surface area contributed by atoms with E-state index >= 15 is 0 Å². The van der Waals surface area contributed by atoms with Gasteiger partial charge in [0.2, 0.25) is 16.0 Å². The molecule has 12 heteroatoms. The second-order valence-electron chi connectivity index (χ2n) is 7.98. The van der Waals surface area contributed by atoms with Crippen LogP contribution in [0.3, 0.4) is 0 Å². The Hall–Kier alpha value is -2.37. The monoisotopic (exact) mass is 537 g/mol. The number of rotatable bonds is 10. The van der Waals surface area contributed by atoms with Crippen LogP contribution in [0.5, 0.6) is 0 Å². The van der Waals surface area contributed by atoms with E-state index in [1.807, 2.05) is 13.8 Å². The molecule has 0 aliphatic carbocycles. The predicted molar refractivity (Wildman–Crippen MR) is 123 cm³/mol. The first-order chi connectivity index (χ1) is 15.3. The van der Waals surface area contributed by atoms with Crippen molar-refractivity contribution >= 4 is 28.0 Å². The molecule has 0 spiro atoms. The molecule has 3 N–H and O–H groups in total. The Morgan fingerprint density at radius 2 is 1.76 bits per heavy atom. The van der Waals surface area contributed by atoms with Crippen LogP contribution in [-0.2, 0) is 31.9 Å². The maximum atomic E-state index is 13.5. The van der Waals surface area contributed by atoms with Crippen LogP contribution in [0.1, 0.15) is 43.9 Å². The maximum absolute atomic E-state index is 13.5. The van der Waals surface area contributed by atoms with E-state index in [0.717, 1.165) is 10.6 Å². The van der Waals surface area contributed by atoms with E-state index < -0.39 is 40.4 Å². The van der Waals surface area contributed by atoms with Crippen molar-refractivity contribution in [2.75, 3.05) is 17.6 Å². The molecule has 0 unspecified atom stereocenters. The van der Waals surface area contributed by atoms with E-state index in [0.29, 0.717) is 22.5 Å². The third-order valence-electron chi connectivity index (χ3n) is 4.82. The Morgan fingerprint density at radius 3 is 2.26 bits per heavy atom. The minimum absolute atomic E-state index is 0. The summed E-state index contributed by atoms with van der Waals surface area (Å²) in [7, 11) is -2.33. The number of aliphatic hydroxyl groups excluding tert-OH is 2. The van der Waals surface area contributed by atoms with Gasteiger partial charge < -0.3 is 15.3 Å². The maximum Gasteiger partial charge on any atom is 2.00 e. The van der Waals surface area contributed by atoms with Crippen molar-refractivity contribution in [2.45, 2.75) is 44.8 Å². The minimum atomic E-state index is -3.65. The van der Waals surface area contributed by atoms with E-state index in [-0.39, 0.29) is 35.4 Å². The largest absolute Gasteiger partial charge is 2.00 e. The molecule has 0 aliphatic rings. The number of nitrogens with zero attached hydrogens (tertiary/aromatic N) is 3. The molecule has 0 fully saturated rings. The SMILES string of the molecule is CC(C)c1nc(N(C)S(C)(=O)=O)nc(-c2ccc(F)cc2)c1/C=C/[C@@H](O)C[C@@H](O)CC(=O)O.[Fe+2]. The van der Waals surface area contributed by atoms with E-state index in [1.165, 1.54) is 43.5 Å². The molecule has 2 rings (SSSR count). The zero-order chi connectivity index (χ0) is 24.9. The normalized spacial score (nSPS) is 13.5. The number of aromatic nitrogens is 2. The van der Waals surface area contributed by atoms with Crippen LogP contribution in [0.4, 0.5) is 10.3 Å². The summed E-state index contributed by atoms with van der Waals surface area (Å²) in [6, 6.07) is 5.49. The number of halogens is 1. The summed E-state index contributed by atoms with van der Waals surface area (Å²) in [5, 5.41) is 28.8. The fourth-order valence-corrected chi connectivity index (χ4v) is 3.42. The molecule has 0 saturated carbocycles. The molecule has 186 valence electrons. The Kier molecular flexibility index (Phi) is 10.8. The molecule has 2 aromatic rings. The van der Waals surface area contributed by atoms with Gasteiger partial charge in [-0.25, -0.2) is 27.1 Å². The zero-order valence-electron chi connectivity index (χ0n) is 19.2. The van der Waals surface area contributed by atoms with Crippen molar-refractivity contribution in [2.24, 2.45) is 0 Å². The van der Waals surface area contributed by atoms with Gasteiger partial charge in [-0.15, -0.1) is 0 Å². The molecular formula is C22H28FFeN3O6S+2. The van der Waals surface area contributed by atoms with E-state index in [2.05, 4.69) is 9.97 Å². The standard InChI is InChI=1S/C22H28FN3O6S.Fe/c1-13(2)20-18(10-9-16(27)11-17(28)12-19(29)30)21(14-5-7-15(23)8-6-14)25-22(24-20)26(3)33(4,31)32;/h5-10,13,16-17,27-28H,11-12H2,1-4H3,(H,29,30);/q;+2/b10-9+;/t16-,17-;/m1./s1. The molecule has 0 aliphatic heterocycles. The van der Waals surface area contributed by atoms with Gasteiger partial charge in [0.05, 0.1) is 36.3 Å². The van der Waals surface area contributed by atoms with Gasteiger partial charge >= 0.3 is 23.0 Å². The van der Waals surface area contributed by atoms with Crippen molar-refractivity contribution in [3.8, 4) is 11.3 Å². The van der Waals surface area contributed by atoms with Crippen molar-refractivity contribution in [3.05, 3.63) is 47.4 Å². The number of benzene rings is 1. The summed E-state index contributed by atoms with van der Waals surface area (Å²) in [5.41, 5.74) is 1.80. The molecule has 2 atom stereocenters. The Balaban J connectivity index is 0.00000578. The van der Waals surface area contributed by atoms with Crippen LogP contribution in [0.25, 0.3) is 17.3 Å². The number of aliphatic hydroxyl groups is 2. The van der Waals surface area contributed by atoms with Crippen LogP contribution >= 0.6 is 0 Å². The number of carboxylic acid groups (broad SMARTS) is 1. The van der Waals surface area contributed by atoms with E-state index in [1.54, 1.807) is 0 Å². The first-order valence-electron chi connectivity index (χ1n) is 10.2. The first kappa shape index (κ1) is 29.7. The van der Waals surface area contributed by atoms with Crippen molar-refractivity contribution in [1.82, 2.24) is 9.97 Å². The molecular weight excluding hydrogens is 509 g/mol. The molecule has 1 aromatic carbocycles. The van der Waals surface area contributed by atoms with Gasteiger partial charge in [-0.1, -0.05) is 26.0 Å². The van der Waals surface area contributed by atoms with Gasteiger partial charge in [-0.3, -0.25) is 4.79 Å². The predicted octanol–water partition coefficient (Wildman–Crippen LogP) is 2.40. The number of hydrogen-bond acceptors (Lipinski definition) is 7. The number of carboxylic acids is 1. The molecule has 1 heterocycles. The van der Waals surface area contributed by atoms with Crippen molar-refractivity contribution in [1.29, 1.82) is 0 Å². The van der Waals surface area contributed by atoms with Crippen LogP contribution in [-0.4, -0.2) is 65.2 Å². The van der Waals surface area contributed by atoms with E-state index in [9.17, 15) is 27.8 Å². The van der Waals surface area contributed by atoms with Gasteiger partial charge in [-0.2, -0.15) is 0 Å². The van der Waals surface area contributed by atoms with E-state index in [4.69, 9.17) is 5.11 Å². The first-order valence-corrected chi connectivity index (χ1v) is 12.0. The number of aliphatic carboxylic acids is 1. The third kappa shape index (κ3) is 8.14. The molecule has 34 heavy (non-hydrogen) atoms. The smallest absolute Gasteiger partial charge is 0.481 e. The number of sulfonamides is 1. The average Bonchev–Trinajstić information content (AvgIpc) is 2.70.